The maximum atomic E-state index is 11.5. The second-order valence-electron chi connectivity index (χ2n) is 5.88. The number of carbonyl (C=O) groups excluding carboxylic acids is 1. The first kappa shape index (κ1) is 17.9. The number of para-hydroxylation sites is 1. The van der Waals surface area contributed by atoms with E-state index in [0.717, 1.165) is 23.4 Å². The van der Waals surface area contributed by atoms with Crippen molar-refractivity contribution in [3.8, 4) is 5.75 Å². The summed E-state index contributed by atoms with van der Waals surface area (Å²) in [6, 6.07) is 11.9. The molecule has 0 aliphatic heterocycles. The molecule has 1 amide bonds. The maximum absolute atomic E-state index is 11.5. The quantitative estimate of drug-likeness (QED) is 0.695. The van der Waals surface area contributed by atoms with Gasteiger partial charge in [0.15, 0.2) is 0 Å². The number of hydrogen-bond donors (Lipinski definition) is 2. The third-order valence-corrected chi connectivity index (χ3v) is 3.53. The Kier molecular flexibility index (Phi) is 7.23. The summed E-state index contributed by atoms with van der Waals surface area (Å²) >= 11 is 0. The number of pyridine rings is 1. The molecule has 0 bridgehead atoms. The third-order valence-electron chi connectivity index (χ3n) is 3.53. The fourth-order valence-corrected chi connectivity index (χ4v) is 2.14. The van der Waals surface area contributed by atoms with Crippen molar-refractivity contribution in [3.63, 3.8) is 0 Å². The number of benzene rings is 1. The van der Waals surface area contributed by atoms with Gasteiger partial charge in [-0.2, -0.15) is 0 Å². The smallest absolute Gasteiger partial charge is 0.222 e. The van der Waals surface area contributed by atoms with Gasteiger partial charge in [0.25, 0.3) is 0 Å². The van der Waals surface area contributed by atoms with Crippen LogP contribution in [-0.4, -0.2) is 24.0 Å². The Morgan fingerprint density at radius 1 is 1.17 bits per heavy atom. The Balaban J connectivity index is 1.78. The van der Waals surface area contributed by atoms with Gasteiger partial charge in [0.2, 0.25) is 5.91 Å². The lowest BCUT2D eigenvalue weighted by Gasteiger charge is -2.13. The molecule has 0 spiro atoms. The van der Waals surface area contributed by atoms with Crippen LogP contribution in [0.25, 0.3) is 0 Å². The standard InChI is InChI=1S/C19H25N3O2/c1-15(2)19(23)22-11-10-21-13-17-7-3-4-8-18(17)24-14-16-6-5-9-20-12-16/h3-9,12,15,21H,10-11,13-14H2,1-2H3,(H,22,23). The zero-order valence-electron chi connectivity index (χ0n) is 14.3. The number of nitrogens with zero attached hydrogens (tertiary/aromatic N) is 1. The van der Waals surface area contributed by atoms with Crippen molar-refractivity contribution in [3.05, 3.63) is 59.9 Å². The van der Waals surface area contributed by atoms with Crippen molar-refractivity contribution >= 4 is 5.91 Å². The minimum absolute atomic E-state index is 0.0200. The molecule has 5 nitrogen and oxygen atoms in total. The number of carbonyl (C=O) groups is 1. The highest BCUT2D eigenvalue weighted by Gasteiger charge is 2.06. The van der Waals surface area contributed by atoms with Crippen LogP contribution in [0.3, 0.4) is 0 Å². The molecule has 24 heavy (non-hydrogen) atoms. The minimum atomic E-state index is 0.0200. The van der Waals surface area contributed by atoms with Crippen molar-refractivity contribution in [1.29, 1.82) is 0 Å². The van der Waals surface area contributed by atoms with Gasteiger partial charge in [-0.05, 0) is 12.1 Å². The molecule has 2 aromatic rings. The van der Waals surface area contributed by atoms with Crippen molar-refractivity contribution < 1.29 is 9.53 Å². The highest BCUT2D eigenvalue weighted by Crippen LogP contribution is 2.19. The molecule has 1 aromatic heterocycles. The molecule has 1 aromatic carbocycles. The topological polar surface area (TPSA) is 63.2 Å². The molecular weight excluding hydrogens is 302 g/mol. The van der Waals surface area contributed by atoms with Crippen LogP contribution in [0, 0.1) is 5.92 Å². The van der Waals surface area contributed by atoms with Crippen molar-refractivity contribution in [1.82, 2.24) is 15.6 Å². The Morgan fingerprint density at radius 2 is 2.00 bits per heavy atom. The van der Waals surface area contributed by atoms with Gasteiger partial charge >= 0.3 is 0 Å². The number of aromatic nitrogens is 1. The van der Waals surface area contributed by atoms with Crippen LogP contribution in [0.15, 0.2) is 48.8 Å². The first-order chi connectivity index (χ1) is 11.7. The van der Waals surface area contributed by atoms with Crippen LogP contribution in [0.4, 0.5) is 0 Å². The van der Waals surface area contributed by atoms with E-state index in [9.17, 15) is 4.79 Å². The highest BCUT2D eigenvalue weighted by atomic mass is 16.5. The van der Waals surface area contributed by atoms with E-state index >= 15 is 0 Å². The first-order valence-electron chi connectivity index (χ1n) is 8.25. The van der Waals surface area contributed by atoms with Gasteiger partial charge in [-0.25, -0.2) is 0 Å². The zero-order valence-corrected chi connectivity index (χ0v) is 14.3. The fourth-order valence-electron chi connectivity index (χ4n) is 2.14. The lowest BCUT2D eigenvalue weighted by Crippen LogP contribution is -2.34. The van der Waals surface area contributed by atoms with Crippen LogP contribution in [-0.2, 0) is 17.9 Å². The van der Waals surface area contributed by atoms with Crippen molar-refractivity contribution in [2.75, 3.05) is 13.1 Å². The Bertz CT molecular complexity index is 630. The summed E-state index contributed by atoms with van der Waals surface area (Å²) in [6.07, 6.45) is 3.55. The van der Waals surface area contributed by atoms with Crippen LogP contribution in [0.2, 0.25) is 0 Å². The molecule has 5 heteroatoms. The van der Waals surface area contributed by atoms with Gasteiger partial charge in [-0.1, -0.05) is 38.1 Å². The molecule has 0 saturated carbocycles. The van der Waals surface area contributed by atoms with Gasteiger partial charge in [-0.15, -0.1) is 0 Å². The Labute approximate surface area is 143 Å². The van der Waals surface area contributed by atoms with Crippen LogP contribution in [0.1, 0.15) is 25.0 Å². The molecule has 0 saturated heterocycles. The molecule has 1 heterocycles. The number of ether oxygens (including phenoxy) is 1. The van der Waals surface area contributed by atoms with Gasteiger partial charge in [0.1, 0.15) is 12.4 Å². The molecule has 0 radical (unpaired) electrons. The first-order valence-corrected chi connectivity index (χ1v) is 8.25. The molecular formula is C19H25N3O2. The van der Waals surface area contributed by atoms with E-state index in [1.165, 1.54) is 0 Å². The molecule has 2 rings (SSSR count). The number of hydrogen-bond acceptors (Lipinski definition) is 4. The van der Waals surface area contributed by atoms with Crippen molar-refractivity contribution in [2.45, 2.75) is 27.0 Å². The van der Waals surface area contributed by atoms with Crippen LogP contribution < -0.4 is 15.4 Å². The molecule has 128 valence electrons. The summed E-state index contributed by atoms with van der Waals surface area (Å²) in [5.74, 6) is 0.962. The van der Waals surface area contributed by atoms with E-state index in [0.29, 0.717) is 19.7 Å². The number of amides is 1. The minimum Gasteiger partial charge on any atom is -0.489 e. The van der Waals surface area contributed by atoms with E-state index in [4.69, 9.17) is 4.74 Å². The maximum Gasteiger partial charge on any atom is 0.222 e. The fraction of sp³-hybridized carbons (Fsp3) is 0.368. The highest BCUT2D eigenvalue weighted by molar-refractivity contribution is 5.77. The average molecular weight is 327 g/mol. The Hall–Kier alpha value is -2.40. The summed E-state index contributed by atoms with van der Waals surface area (Å²) in [6.45, 7) is 6.30. The SMILES string of the molecule is CC(C)C(=O)NCCNCc1ccccc1OCc1cccnc1. The predicted molar refractivity (Wildman–Crippen MR) is 94.6 cm³/mol. The third kappa shape index (κ3) is 6.01. The molecule has 0 fully saturated rings. The van der Waals surface area contributed by atoms with Crippen molar-refractivity contribution in [2.24, 2.45) is 5.92 Å². The molecule has 0 aliphatic rings. The molecule has 0 aliphatic carbocycles. The van der Waals surface area contributed by atoms with E-state index in [-0.39, 0.29) is 11.8 Å². The molecule has 0 unspecified atom stereocenters. The average Bonchev–Trinajstić information content (AvgIpc) is 2.61. The molecule has 2 N–H and O–H groups in total. The van der Waals surface area contributed by atoms with Gasteiger partial charge in [-0.3, -0.25) is 9.78 Å². The van der Waals surface area contributed by atoms with Gasteiger partial charge < -0.3 is 15.4 Å². The zero-order chi connectivity index (χ0) is 17.2. The van der Waals surface area contributed by atoms with Crippen LogP contribution >= 0.6 is 0 Å². The van der Waals surface area contributed by atoms with Crippen LogP contribution in [0.5, 0.6) is 5.75 Å². The second kappa shape index (κ2) is 9.67. The monoisotopic (exact) mass is 327 g/mol. The number of rotatable bonds is 9. The lowest BCUT2D eigenvalue weighted by molar-refractivity contribution is -0.123. The van der Waals surface area contributed by atoms with E-state index in [2.05, 4.69) is 15.6 Å². The van der Waals surface area contributed by atoms with E-state index < -0.39 is 0 Å². The number of nitrogens with one attached hydrogen (secondary N) is 2. The largest absolute Gasteiger partial charge is 0.489 e. The summed E-state index contributed by atoms with van der Waals surface area (Å²) in [5, 5.41) is 6.22. The summed E-state index contributed by atoms with van der Waals surface area (Å²) < 4.78 is 5.90. The summed E-state index contributed by atoms with van der Waals surface area (Å²) in [7, 11) is 0. The van der Waals surface area contributed by atoms with Gasteiger partial charge in [0, 0.05) is 49.1 Å². The lowest BCUT2D eigenvalue weighted by atomic mass is 10.2. The molecule has 0 atom stereocenters. The summed E-state index contributed by atoms with van der Waals surface area (Å²) in [4.78, 5) is 15.6. The summed E-state index contributed by atoms with van der Waals surface area (Å²) in [5.41, 5.74) is 2.13. The van der Waals surface area contributed by atoms with E-state index in [1.54, 1.807) is 12.4 Å². The van der Waals surface area contributed by atoms with Gasteiger partial charge in [0.05, 0.1) is 0 Å². The van der Waals surface area contributed by atoms with E-state index in [1.807, 2.05) is 50.2 Å². The normalized spacial score (nSPS) is 10.6. The second-order valence-corrected chi connectivity index (χ2v) is 5.88. The predicted octanol–water partition coefficient (Wildman–Crippen LogP) is 2.52. The Morgan fingerprint density at radius 3 is 2.75 bits per heavy atom.